The zero-order chi connectivity index (χ0) is 12.9. The highest BCUT2D eigenvalue weighted by molar-refractivity contribution is 4.91. The molecule has 0 spiro atoms. The molecular formula is C15H26N4. The lowest BCUT2D eigenvalue weighted by Crippen LogP contribution is -2.30. The second-order valence-electron chi connectivity index (χ2n) is 6.20. The van der Waals surface area contributed by atoms with Crippen molar-refractivity contribution in [3.8, 4) is 0 Å². The van der Waals surface area contributed by atoms with Gasteiger partial charge in [0.2, 0.25) is 0 Å². The van der Waals surface area contributed by atoms with Gasteiger partial charge in [0.15, 0.2) is 0 Å². The summed E-state index contributed by atoms with van der Waals surface area (Å²) in [5.41, 5.74) is 0. The van der Waals surface area contributed by atoms with E-state index in [-0.39, 0.29) is 0 Å². The molecule has 1 aliphatic heterocycles. The maximum absolute atomic E-state index is 4.37. The highest BCUT2D eigenvalue weighted by Gasteiger charge is 2.19. The summed E-state index contributed by atoms with van der Waals surface area (Å²) in [5.74, 6) is 2.06. The van der Waals surface area contributed by atoms with Gasteiger partial charge in [-0.05, 0) is 51.1 Å². The molecule has 1 unspecified atom stereocenters. The number of rotatable bonds is 4. The van der Waals surface area contributed by atoms with Gasteiger partial charge in [-0.25, -0.2) is 0 Å². The van der Waals surface area contributed by atoms with Crippen molar-refractivity contribution in [3.05, 3.63) is 12.2 Å². The van der Waals surface area contributed by atoms with Gasteiger partial charge in [-0.3, -0.25) is 0 Å². The van der Waals surface area contributed by atoms with Crippen LogP contribution in [0.25, 0.3) is 0 Å². The minimum absolute atomic E-state index is 0.670. The lowest BCUT2D eigenvalue weighted by Gasteiger charge is -2.25. The summed E-state index contributed by atoms with van der Waals surface area (Å²) in [5, 5.41) is 12.0. The van der Waals surface area contributed by atoms with E-state index < -0.39 is 0 Å². The average Bonchev–Trinajstić information content (AvgIpc) is 2.95. The van der Waals surface area contributed by atoms with Crippen LogP contribution >= 0.6 is 0 Å². The van der Waals surface area contributed by atoms with E-state index in [1.54, 1.807) is 0 Å². The molecule has 1 aromatic rings. The molecule has 0 bridgehead atoms. The number of hydrogen-bond donors (Lipinski definition) is 1. The van der Waals surface area contributed by atoms with Crippen molar-refractivity contribution in [1.29, 1.82) is 0 Å². The van der Waals surface area contributed by atoms with Crippen LogP contribution in [0.2, 0.25) is 0 Å². The Kier molecular flexibility index (Phi) is 4.49. The molecule has 2 fully saturated rings. The number of nitrogens with one attached hydrogen (secondary N) is 1. The molecular weight excluding hydrogens is 236 g/mol. The van der Waals surface area contributed by atoms with Crippen molar-refractivity contribution in [2.24, 2.45) is 5.92 Å². The van der Waals surface area contributed by atoms with E-state index in [9.17, 15) is 0 Å². The molecule has 0 amide bonds. The third-order valence-corrected chi connectivity index (χ3v) is 4.79. The van der Waals surface area contributed by atoms with Crippen LogP contribution in [0.1, 0.15) is 63.2 Å². The molecule has 3 rings (SSSR count). The molecule has 4 nitrogen and oxygen atoms in total. The van der Waals surface area contributed by atoms with Gasteiger partial charge in [-0.15, -0.1) is 10.2 Å². The molecule has 1 atom stereocenters. The molecule has 106 valence electrons. The number of nitrogens with zero attached hydrogens (tertiary/aromatic N) is 3. The van der Waals surface area contributed by atoms with Crippen LogP contribution in [0, 0.1) is 5.92 Å². The largest absolute Gasteiger partial charge is 0.316 e. The number of hydrogen-bond acceptors (Lipinski definition) is 3. The number of piperidine rings is 1. The summed E-state index contributed by atoms with van der Waals surface area (Å²) in [4.78, 5) is 0. The number of aromatic nitrogens is 3. The Balaban J connectivity index is 1.56. The second-order valence-corrected chi connectivity index (χ2v) is 6.20. The minimum Gasteiger partial charge on any atom is -0.316 e. The predicted octanol–water partition coefficient (Wildman–Crippen LogP) is 2.72. The lowest BCUT2D eigenvalue weighted by atomic mass is 9.93. The Morgan fingerprint density at radius 1 is 1.16 bits per heavy atom. The van der Waals surface area contributed by atoms with Gasteiger partial charge >= 0.3 is 0 Å². The quantitative estimate of drug-likeness (QED) is 0.907. The van der Waals surface area contributed by atoms with Gasteiger partial charge < -0.3 is 9.88 Å². The molecule has 1 aliphatic carbocycles. The first kappa shape index (κ1) is 13.1. The van der Waals surface area contributed by atoms with E-state index in [4.69, 9.17) is 0 Å². The van der Waals surface area contributed by atoms with Crippen LogP contribution in [-0.4, -0.2) is 27.9 Å². The van der Waals surface area contributed by atoms with Crippen molar-refractivity contribution in [2.45, 2.75) is 63.8 Å². The van der Waals surface area contributed by atoms with Crippen molar-refractivity contribution >= 4 is 0 Å². The molecule has 4 heteroatoms. The fourth-order valence-electron chi connectivity index (χ4n) is 3.61. The summed E-state index contributed by atoms with van der Waals surface area (Å²) in [7, 11) is 0. The monoisotopic (exact) mass is 262 g/mol. The Labute approximate surface area is 116 Å². The standard InChI is InChI=1S/C15H26N4/c1-2-6-14(7-3-1)19-12-17-18-15(19)9-8-13-5-4-10-16-11-13/h12-14,16H,1-11H2. The van der Waals surface area contributed by atoms with E-state index >= 15 is 0 Å². The van der Waals surface area contributed by atoms with Crippen molar-refractivity contribution in [3.63, 3.8) is 0 Å². The Morgan fingerprint density at radius 3 is 2.84 bits per heavy atom. The molecule has 0 aromatic carbocycles. The van der Waals surface area contributed by atoms with Gasteiger partial charge in [0.1, 0.15) is 12.2 Å². The Bertz CT molecular complexity index is 375. The van der Waals surface area contributed by atoms with Crippen LogP contribution in [0.4, 0.5) is 0 Å². The van der Waals surface area contributed by atoms with Crippen molar-refractivity contribution < 1.29 is 0 Å². The smallest absolute Gasteiger partial charge is 0.133 e. The lowest BCUT2D eigenvalue weighted by molar-refractivity contribution is 0.331. The van der Waals surface area contributed by atoms with Crippen LogP contribution in [0.15, 0.2) is 6.33 Å². The average molecular weight is 262 g/mol. The van der Waals surface area contributed by atoms with E-state index in [1.807, 2.05) is 6.33 Å². The summed E-state index contributed by atoms with van der Waals surface area (Å²) in [6.45, 7) is 2.40. The summed E-state index contributed by atoms with van der Waals surface area (Å²) >= 11 is 0. The Morgan fingerprint density at radius 2 is 2.05 bits per heavy atom. The number of aryl methyl sites for hydroxylation is 1. The van der Waals surface area contributed by atoms with Gasteiger partial charge in [-0.1, -0.05) is 19.3 Å². The topological polar surface area (TPSA) is 42.7 Å². The SMILES string of the molecule is c1nnc(CCC2CCCNC2)n1C1CCCCC1. The fraction of sp³-hybridized carbons (Fsp3) is 0.867. The molecule has 2 aliphatic rings. The van der Waals surface area contributed by atoms with E-state index in [0.29, 0.717) is 6.04 Å². The normalized spacial score (nSPS) is 25.6. The predicted molar refractivity (Wildman–Crippen MR) is 76.1 cm³/mol. The first-order chi connectivity index (χ1) is 9.43. The van der Waals surface area contributed by atoms with Crippen LogP contribution in [0.5, 0.6) is 0 Å². The van der Waals surface area contributed by atoms with E-state index in [1.165, 1.54) is 70.3 Å². The van der Waals surface area contributed by atoms with Crippen LogP contribution < -0.4 is 5.32 Å². The van der Waals surface area contributed by atoms with E-state index in [2.05, 4.69) is 20.1 Å². The van der Waals surface area contributed by atoms with Crippen molar-refractivity contribution in [2.75, 3.05) is 13.1 Å². The first-order valence-electron chi connectivity index (χ1n) is 8.02. The van der Waals surface area contributed by atoms with Crippen LogP contribution in [-0.2, 0) is 6.42 Å². The summed E-state index contributed by atoms with van der Waals surface area (Å²) < 4.78 is 2.37. The molecule has 2 heterocycles. The highest BCUT2D eigenvalue weighted by Crippen LogP contribution is 2.29. The fourth-order valence-corrected chi connectivity index (χ4v) is 3.61. The van der Waals surface area contributed by atoms with Crippen LogP contribution in [0.3, 0.4) is 0 Å². The van der Waals surface area contributed by atoms with Gasteiger partial charge in [0, 0.05) is 12.5 Å². The minimum atomic E-state index is 0.670. The molecule has 1 N–H and O–H groups in total. The van der Waals surface area contributed by atoms with E-state index in [0.717, 1.165) is 12.3 Å². The van der Waals surface area contributed by atoms with Gasteiger partial charge in [0.05, 0.1) is 0 Å². The third-order valence-electron chi connectivity index (χ3n) is 4.79. The first-order valence-corrected chi connectivity index (χ1v) is 8.02. The summed E-state index contributed by atoms with van der Waals surface area (Å²) in [6.07, 6.45) is 13.8. The summed E-state index contributed by atoms with van der Waals surface area (Å²) in [6, 6.07) is 0.670. The molecule has 1 aromatic heterocycles. The second kappa shape index (κ2) is 6.51. The molecule has 1 saturated heterocycles. The molecule has 1 saturated carbocycles. The zero-order valence-electron chi connectivity index (χ0n) is 11.9. The molecule has 0 radical (unpaired) electrons. The van der Waals surface area contributed by atoms with Gasteiger partial charge in [-0.2, -0.15) is 0 Å². The maximum atomic E-state index is 4.37. The molecule has 19 heavy (non-hydrogen) atoms. The van der Waals surface area contributed by atoms with Crippen molar-refractivity contribution in [1.82, 2.24) is 20.1 Å². The highest BCUT2D eigenvalue weighted by atomic mass is 15.3. The maximum Gasteiger partial charge on any atom is 0.133 e. The van der Waals surface area contributed by atoms with Gasteiger partial charge in [0.25, 0.3) is 0 Å². The third kappa shape index (κ3) is 3.35. The zero-order valence-corrected chi connectivity index (χ0v) is 11.9. The Hall–Kier alpha value is -0.900.